The van der Waals surface area contributed by atoms with Crippen LogP contribution in [0.2, 0.25) is 0 Å². The van der Waals surface area contributed by atoms with E-state index in [0.717, 1.165) is 6.42 Å². The molecular weight excluding hydrogens is 251 g/mol. The van der Waals surface area contributed by atoms with Crippen LogP contribution < -0.4 is 5.32 Å². The highest BCUT2D eigenvalue weighted by Gasteiger charge is 2.57. The monoisotopic (exact) mass is 263 g/mol. The molecular formula is C11H12F3NO3. The van der Waals surface area contributed by atoms with E-state index in [1.807, 2.05) is 0 Å². The minimum atomic E-state index is -4.89. The van der Waals surface area contributed by atoms with Crippen LogP contribution in [0.3, 0.4) is 0 Å². The molecule has 2 aliphatic carbocycles. The van der Waals surface area contributed by atoms with E-state index in [0.29, 0.717) is 19.3 Å². The standard InChI is InChI=1S/C11H12F3NO3/c12-11(13,14)9(18)8-6(15-5-7(16)17)4-10(8)2-1-3-10/h15H,1-5H2,(H,16,17). The van der Waals surface area contributed by atoms with E-state index in [2.05, 4.69) is 5.32 Å². The normalized spacial score (nSPS) is 21.3. The molecule has 2 N–H and O–H groups in total. The van der Waals surface area contributed by atoms with Gasteiger partial charge in [0.25, 0.3) is 5.78 Å². The van der Waals surface area contributed by atoms with Crippen molar-refractivity contribution in [1.29, 1.82) is 0 Å². The lowest BCUT2D eigenvalue weighted by Crippen LogP contribution is -2.50. The van der Waals surface area contributed by atoms with E-state index in [-0.39, 0.29) is 11.3 Å². The van der Waals surface area contributed by atoms with Crippen LogP contribution in [0.1, 0.15) is 25.7 Å². The number of rotatable bonds is 4. The summed E-state index contributed by atoms with van der Waals surface area (Å²) < 4.78 is 37.4. The van der Waals surface area contributed by atoms with Crippen LogP contribution in [0.4, 0.5) is 13.2 Å². The molecule has 0 bridgehead atoms. The summed E-state index contributed by atoms with van der Waals surface area (Å²) in [6.07, 6.45) is -2.60. The van der Waals surface area contributed by atoms with Crippen molar-refractivity contribution < 1.29 is 27.9 Å². The number of halogens is 3. The van der Waals surface area contributed by atoms with E-state index in [4.69, 9.17) is 5.11 Å². The quantitative estimate of drug-likeness (QED) is 0.808. The highest BCUT2D eigenvalue weighted by molar-refractivity contribution is 6.03. The molecule has 2 aliphatic rings. The fraction of sp³-hybridized carbons (Fsp3) is 0.636. The third-order valence-corrected chi connectivity index (χ3v) is 3.60. The van der Waals surface area contributed by atoms with Crippen LogP contribution in [0.5, 0.6) is 0 Å². The molecule has 0 heterocycles. The van der Waals surface area contributed by atoms with E-state index in [1.165, 1.54) is 0 Å². The molecule has 7 heteroatoms. The van der Waals surface area contributed by atoms with E-state index in [9.17, 15) is 22.8 Å². The molecule has 0 aromatic heterocycles. The lowest BCUT2D eigenvalue weighted by molar-refractivity contribution is -0.169. The SMILES string of the molecule is O=C(O)CNC1=C(C(=O)C(F)(F)F)C2(CCC2)C1. The van der Waals surface area contributed by atoms with Crippen molar-refractivity contribution in [1.82, 2.24) is 5.32 Å². The predicted octanol–water partition coefficient (Wildman–Crippen LogP) is 1.62. The van der Waals surface area contributed by atoms with Crippen molar-refractivity contribution in [3.63, 3.8) is 0 Å². The summed E-state index contributed by atoms with van der Waals surface area (Å²) in [4.78, 5) is 21.7. The van der Waals surface area contributed by atoms with Crippen molar-refractivity contribution in [2.75, 3.05) is 6.54 Å². The van der Waals surface area contributed by atoms with Crippen LogP contribution in [0.15, 0.2) is 11.3 Å². The number of nitrogens with one attached hydrogen (secondary N) is 1. The van der Waals surface area contributed by atoms with Crippen molar-refractivity contribution >= 4 is 11.8 Å². The van der Waals surface area contributed by atoms with Gasteiger partial charge in [0, 0.05) is 16.7 Å². The lowest BCUT2D eigenvalue weighted by atomic mass is 9.53. The smallest absolute Gasteiger partial charge is 0.454 e. The Morgan fingerprint density at radius 1 is 1.33 bits per heavy atom. The lowest BCUT2D eigenvalue weighted by Gasteiger charge is -2.51. The second kappa shape index (κ2) is 4.00. The molecule has 100 valence electrons. The number of allylic oxidation sites excluding steroid dienone is 2. The Kier molecular flexibility index (Phi) is 2.87. The zero-order valence-electron chi connectivity index (χ0n) is 9.43. The highest BCUT2D eigenvalue weighted by Crippen LogP contribution is 2.59. The first-order valence-electron chi connectivity index (χ1n) is 5.57. The number of Topliss-reactive ketones (excluding diaryl/α,β-unsaturated/α-hetero) is 1. The molecule has 18 heavy (non-hydrogen) atoms. The van der Waals surface area contributed by atoms with Crippen molar-refractivity contribution in [3.8, 4) is 0 Å². The molecule has 0 saturated heterocycles. The van der Waals surface area contributed by atoms with Gasteiger partial charge in [-0.2, -0.15) is 13.2 Å². The Morgan fingerprint density at radius 2 is 1.94 bits per heavy atom. The molecule has 0 atom stereocenters. The minimum absolute atomic E-state index is 0.138. The molecule has 4 nitrogen and oxygen atoms in total. The average molecular weight is 263 g/mol. The zero-order chi connectivity index (χ0) is 13.6. The van der Waals surface area contributed by atoms with Gasteiger partial charge in [-0.05, 0) is 19.3 Å². The summed E-state index contributed by atoms with van der Waals surface area (Å²) in [5.41, 5.74) is -0.755. The molecule has 1 spiro atoms. The largest absolute Gasteiger partial charge is 0.480 e. The molecule has 2 rings (SSSR count). The number of alkyl halides is 3. The topological polar surface area (TPSA) is 66.4 Å². The molecule has 0 radical (unpaired) electrons. The molecule has 1 fully saturated rings. The fourth-order valence-corrected chi connectivity index (χ4v) is 2.61. The summed E-state index contributed by atoms with van der Waals surface area (Å²) in [6, 6.07) is 0. The number of carboxylic acids is 1. The predicted molar refractivity (Wildman–Crippen MR) is 54.6 cm³/mol. The van der Waals surface area contributed by atoms with E-state index < -0.39 is 29.9 Å². The van der Waals surface area contributed by atoms with Gasteiger partial charge >= 0.3 is 12.1 Å². The number of carboxylic acid groups (broad SMARTS) is 1. The Morgan fingerprint density at radius 3 is 2.33 bits per heavy atom. The van der Waals surface area contributed by atoms with Gasteiger partial charge in [0.15, 0.2) is 0 Å². The summed E-state index contributed by atoms with van der Waals surface area (Å²) in [7, 11) is 0. The second-order valence-electron chi connectivity index (χ2n) is 4.74. The van der Waals surface area contributed by atoms with Gasteiger partial charge in [-0.15, -0.1) is 0 Å². The van der Waals surface area contributed by atoms with Gasteiger partial charge in [0.1, 0.15) is 6.54 Å². The maximum Gasteiger partial charge on any atom is 0.454 e. The maximum atomic E-state index is 12.5. The van der Waals surface area contributed by atoms with Crippen molar-refractivity contribution in [2.24, 2.45) is 5.41 Å². The Bertz CT molecular complexity index is 435. The van der Waals surface area contributed by atoms with E-state index >= 15 is 0 Å². The van der Waals surface area contributed by atoms with Crippen LogP contribution in [-0.4, -0.2) is 29.6 Å². The van der Waals surface area contributed by atoms with Crippen molar-refractivity contribution in [2.45, 2.75) is 31.9 Å². The average Bonchev–Trinajstić information content (AvgIpc) is 2.11. The summed E-state index contributed by atoms with van der Waals surface area (Å²) in [5, 5.41) is 10.9. The first-order valence-corrected chi connectivity index (χ1v) is 5.57. The highest BCUT2D eigenvalue weighted by atomic mass is 19.4. The van der Waals surface area contributed by atoms with Gasteiger partial charge in [0.2, 0.25) is 0 Å². The molecule has 1 saturated carbocycles. The third kappa shape index (κ3) is 1.97. The van der Waals surface area contributed by atoms with Gasteiger partial charge in [-0.3, -0.25) is 9.59 Å². The maximum absolute atomic E-state index is 12.5. The molecule has 0 amide bonds. The fourth-order valence-electron chi connectivity index (χ4n) is 2.61. The molecule has 0 aromatic rings. The van der Waals surface area contributed by atoms with Gasteiger partial charge in [-0.1, -0.05) is 6.42 Å². The summed E-state index contributed by atoms with van der Waals surface area (Å²) in [5.74, 6) is -3.00. The summed E-state index contributed by atoms with van der Waals surface area (Å²) >= 11 is 0. The molecule has 0 unspecified atom stereocenters. The molecule has 0 aromatic carbocycles. The number of hydrogen-bond donors (Lipinski definition) is 2. The number of carbonyl (C=O) groups is 2. The van der Waals surface area contributed by atoms with Gasteiger partial charge < -0.3 is 10.4 Å². The second-order valence-corrected chi connectivity index (χ2v) is 4.74. The first kappa shape index (κ1) is 12.9. The van der Waals surface area contributed by atoms with Crippen LogP contribution in [-0.2, 0) is 9.59 Å². The summed E-state index contributed by atoms with van der Waals surface area (Å²) in [6.45, 7) is -0.472. The Labute approximate surface area is 101 Å². The zero-order valence-corrected chi connectivity index (χ0v) is 9.43. The Balaban J connectivity index is 2.21. The van der Waals surface area contributed by atoms with Crippen molar-refractivity contribution in [3.05, 3.63) is 11.3 Å². The number of aliphatic carboxylic acids is 1. The van der Waals surface area contributed by atoms with Gasteiger partial charge in [0.05, 0.1) is 0 Å². The first-order chi connectivity index (χ1) is 8.26. The van der Waals surface area contributed by atoms with Gasteiger partial charge in [-0.25, -0.2) is 0 Å². The molecule has 0 aliphatic heterocycles. The van der Waals surface area contributed by atoms with Crippen LogP contribution in [0.25, 0.3) is 0 Å². The third-order valence-electron chi connectivity index (χ3n) is 3.60. The minimum Gasteiger partial charge on any atom is -0.480 e. The van der Waals surface area contributed by atoms with Crippen LogP contribution >= 0.6 is 0 Å². The number of hydrogen-bond acceptors (Lipinski definition) is 3. The number of ketones is 1. The van der Waals surface area contributed by atoms with E-state index in [1.54, 1.807) is 0 Å². The Hall–Kier alpha value is -1.53. The van der Waals surface area contributed by atoms with Crippen LogP contribution in [0, 0.1) is 5.41 Å². The number of carbonyl (C=O) groups excluding carboxylic acids is 1.